The zero-order valence-electron chi connectivity index (χ0n) is 15.4. The molecule has 29 heavy (non-hydrogen) atoms. The van der Waals surface area contributed by atoms with Gasteiger partial charge >= 0.3 is 0 Å². The fourth-order valence-electron chi connectivity index (χ4n) is 3.19. The van der Waals surface area contributed by atoms with Crippen molar-refractivity contribution in [1.29, 1.82) is 0 Å². The lowest BCUT2D eigenvalue weighted by molar-refractivity contribution is 0.0815. The lowest BCUT2D eigenvalue weighted by Gasteiger charge is -2.13. The number of ether oxygens (including phenoxy) is 1. The zero-order valence-corrected chi connectivity index (χ0v) is 15.4. The number of hydrogen-bond donors (Lipinski definition) is 0. The quantitative estimate of drug-likeness (QED) is 0.251. The van der Waals surface area contributed by atoms with Gasteiger partial charge in [0.2, 0.25) is 11.6 Å². The Hall–Kier alpha value is -4.05. The van der Waals surface area contributed by atoms with Crippen LogP contribution in [-0.2, 0) is 0 Å². The van der Waals surface area contributed by atoms with Crippen molar-refractivity contribution in [3.05, 3.63) is 108 Å². The van der Waals surface area contributed by atoms with E-state index in [1.54, 1.807) is 60.7 Å². The number of carbonyl (C=O) groups is 3. The van der Waals surface area contributed by atoms with Crippen LogP contribution in [-0.4, -0.2) is 17.9 Å². The number of ketones is 2. The van der Waals surface area contributed by atoms with E-state index in [0.29, 0.717) is 16.9 Å². The van der Waals surface area contributed by atoms with E-state index in [9.17, 15) is 14.4 Å². The van der Waals surface area contributed by atoms with E-state index in [1.807, 2.05) is 30.3 Å². The summed E-state index contributed by atoms with van der Waals surface area (Å²) in [5.74, 6) is -0.734. The molecule has 4 rings (SSSR count). The van der Waals surface area contributed by atoms with Gasteiger partial charge in [0.1, 0.15) is 11.5 Å². The minimum Gasteiger partial charge on any atom is -0.456 e. The van der Waals surface area contributed by atoms with Crippen molar-refractivity contribution in [2.75, 3.05) is 0 Å². The monoisotopic (exact) mass is 380 g/mol. The molecule has 4 heteroatoms. The molecule has 0 amide bonds. The van der Waals surface area contributed by atoms with Crippen LogP contribution in [0.5, 0.6) is 11.5 Å². The Labute approximate surface area is 167 Å². The summed E-state index contributed by atoms with van der Waals surface area (Å²) in [6, 6.07) is 25.9. The third-order valence-electron chi connectivity index (χ3n) is 4.64. The van der Waals surface area contributed by atoms with Crippen molar-refractivity contribution < 1.29 is 19.1 Å². The molecule has 0 spiro atoms. The maximum Gasteiger partial charge on any atom is 0.237 e. The van der Waals surface area contributed by atoms with Crippen LogP contribution in [0.25, 0.3) is 10.8 Å². The number of fused-ring (bicyclic) bond motifs is 1. The largest absolute Gasteiger partial charge is 0.456 e. The molecular formula is C25H16O4. The number of aldehydes is 1. The van der Waals surface area contributed by atoms with Crippen molar-refractivity contribution in [3.63, 3.8) is 0 Å². The predicted molar refractivity (Wildman–Crippen MR) is 111 cm³/mol. The first-order valence-corrected chi connectivity index (χ1v) is 9.07. The fourth-order valence-corrected chi connectivity index (χ4v) is 3.19. The topological polar surface area (TPSA) is 60.4 Å². The molecule has 0 saturated heterocycles. The van der Waals surface area contributed by atoms with Crippen LogP contribution in [0.1, 0.15) is 31.1 Å². The van der Waals surface area contributed by atoms with E-state index in [4.69, 9.17) is 4.74 Å². The van der Waals surface area contributed by atoms with Crippen molar-refractivity contribution in [3.8, 4) is 11.5 Å². The Morgan fingerprint density at radius 2 is 1.34 bits per heavy atom. The van der Waals surface area contributed by atoms with E-state index >= 15 is 0 Å². The van der Waals surface area contributed by atoms with Gasteiger partial charge in [-0.25, -0.2) is 0 Å². The Kier molecular flexibility index (Phi) is 4.99. The van der Waals surface area contributed by atoms with Gasteiger partial charge in [0.15, 0.2) is 6.29 Å². The summed E-state index contributed by atoms with van der Waals surface area (Å²) >= 11 is 0. The van der Waals surface area contributed by atoms with E-state index in [-0.39, 0.29) is 11.3 Å². The fraction of sp³-hybridized carbons (Fsp3) is 0. The minimum atomic E-state index is -0.666. The van der Waals surface area contributed by atoms with Crippen LogP contribution in [0, 0.1) is 0 Å². The van der Waals surface area contributed by atoms with Gasteiger partial charge in [-0.05, 0) is 29.0 Å². The molecule has 4 aromatic rings. The lowest BCUT2D eigenvalue weighted by Crippen LogP contribution is -2.15. The van der Waals surface area contributed by atoms with Crippen LogP contribution in [0.2, 0.25) is 0 Å². The van der Waals surface area contributed by atoms with Crippen LogP contribution in [0.4, 0.5) is 0 Å². The highest BCUT2D eigenvalue weighted by Crippen LogP contribution is 2.32. The molecule has 140 valence electrons. The molecule has 0 aromatic heterocycles. The smallest absolute Gasteiger partial charge is 0.237 e. The first kappa shape index (κ1) is 18.3. The Morgan fingerprint density at radius 1 is 0.655 bits per heavy atom. The summed E-state index contributed by atoms with van der Waals surface area (Å²) in [5.41, 5.74) is 0.845. The molecule has 0 heterocycles. The van der Waals surface area contributed by atoms with Crippen molar-refractivity contribution in [1.82, 2.24) is 0 Å². The second-order valence-electron chi connectivity index (χ2n) is 6.44. The lowest BCUT2D eigenvalue weighted by atomic mass is 10.0. The molecule has 4 nitrogen and oxygen atoms in total. The van der Waals surface area contributed by atoms with Crippen LogP contribution < -0.4 is 4.74 Å². The van der Waals surface area contributed by atoms with Gasteiger partial charge in [0.25, 0.3) is 0 Å². The molecule has 0 N–H and O–H groups in total. The highest BCUT2D eigenvalue weighted by Gasteiger charge is 2.22. The SMILES string of the molecule is O=Cc1c(Oc2ccccc2C(=O)C(=O)c2ccccc2)ccc2ccccc12. The van der Waals surface area contributed by atoms with Gasteiger partial charge in [-0.2, -0.15) is 0 Å². The highest BCUT2D eigenvalue weighted by molar-refractivity contribution is 6.49. The molecule has 0 bridgehead atoms. The van der Waals surface area contributed by atoms with Crippen molar-refractivity contribution in [2.24, 2.45) is 0 Å². The van der Waals surface area contributed by atoms with Crippen LogP contribution >= 0.6 is 0 Å². The maximum absolute atomic E-state index is 12.8. The summed E-state index contributed by atoms with van der Waals surface area (Å²) in [5, 5.41) is 1.66. The maximum atomic E-state index is 12.8. The summed E-state index contributed by atoms with van der Waals surface area (Å²) in [6.07, 6.45) is 0.733. The van der Waals surface area contributed by atoms with Crippen LogP contribution in [0.3, 0.4) is 0 Å². The summed E-state index contributed by atoms with van der Waals surface area (Å²) in [6.45, 7) is 0. The molecule has 0 aliphatic heterocycles. The Bertz CT molecular complexity index is 1230. The zero-order chi connectivity index (χ0) is 20.2. The second-order valence-corrected chi connectivity index (χ2v) is 6.44. The van der Waals surface area contributed by atoms with Gasteiger partial charge in [-0.3, -0.25) is 14.4 Å². The van der Waals surface area contributed by atoms with Gasteiger partial charge < -0.3 is 4.74 Å². The molecule has 0 radical (unpaired) electrons. The van der Waals surface area contributed by atoms with Gasteiger partial charge in [-0.1, -0.05) is 72.8 Å². The van der Waals surface area contributed by atoms with E-state index in [0.717, 1.165) is 17.1 Å². The molecule has 0 unspecified atom stereocenters. The number of para-hydroxylation sites is 1. The summed E-state index contributed by atoms with van der Waals surface area (Å²) < 4.78 is 5.94. The van der Waals surface area contributed by atoms with E-state index in [1.165, 1.54) is 0 Å². The van der Waals surface area contributed by atoms with Crippen molar-refractivity contribution in [2.45, 2.75) is 0 Å². The number of Topliss-reactive ketones (excluding diaryl/α,β-unsaturated/α-hetero) is 2. The standard InChI is InChI=1S/C25H16O4/c26-16-21-19-11-5-4-8-17(19)14-15-23(21)29-22-13-7-6-12-20(22)25(28)24(27)18-9-2-1-3-10-18/h1-16H. The first-order chi connectivity index (χ1) is 14.2. The van der Waals surface area contributed by atoms with Gasteiger partial charge in [0, 0.05) is 5.56 Å². The molecule has 0 aliphatic rings. The third-order valence-corrected chi connectivity index (χ3v) is 4.64. The van der Waals surface area contributed by atoms with Gasteiger partial charge in [0.05, 0.1) is 11.1 Å². The Morgan fingerprint density at radius 3 is 2.14 bits per heavy atom. The molecule has 0 aliphatic carbocycles. The summed E-state index contributed by atoms with van der Waals surface area (Å²) in [7, 11) is 0. The van der Waals surface area contributed by atoms with Gasteiger partial charge in [-0.15, -0.1) is 0 Å². The van der Waals surface area contributed by atoms with E-state index in [2.05, 4.69) is 0 Å². The average Bonchev–Trinajstić information content (AvgIpc) is 2.79. The minimum absolute atomic E-state index is 0.145. The van der Waals surface area contributed by atoms with Crippen LogP contribution in [0.15, 0.2) is 91.0 Å². The van der Waals surface area contributed by atoms with Crippen molar-refractivity contribution >= 4 is 28.6 Å². The predicted octanol–water partition coefficient (Wildman–Crippen LogP) is 5.51. The third kappa shape index (κ3) is 3.56. The molecule has 4 aromatic carbocycles. The normalized spacial score (nSPS) is 10.5. The second kappa shape index (κ2) is 7.90. The molecule has 0 saturated carbocycles. The number of carbonyl (C=O) groups excluding carboxylic acids is 3. The molecular weight excluding hydrogens is 364 g/mol. The number of hydrogen-bond acceptors (Lipinski definition) is 4. The number of rotatable bonds is 6. The molecule has 0 atom stereocenters. The average molecular weight is 380 g/mol. The Balaban J connectivity index is 1.73. The molecule has 0 fully saturated rings. The highest BCUT2D eigenvalue weighted by atomic mass is 16.5. The number of benzene rings is 4. The van der Waals surface area contributed by atoms with E-state index < -0.39 is 11.6 Å². The summed E-state index contributed by atoms with van der Waals surface area (Å²) in [4.78, 5) is 37.2. The first-order valence-electron chi connectivity index (χ1n) is 9.07.